The minimum Gasteiger partial charge on any atom is -0.508 e. The first-order valence-electron chi connectivity index (χ1n) is 6.32. The fourth-order valence-corrected chi connectivity index (χ4v) is 2.17. The first-order valence-corrected chi connectivity index (χ1v) is 6.32. The fraction of sp³-hybridized carbons (Fsp3) is 0.0625. The highest BCUT2D eigenvalue weighted by Crippen LogP contribution is 2.23. The quantitative estimate of drug-likeness (QED) is 0.665. The summed E-state index contributed by atoms with van der Waals surface area (Å²) in [5.74, 6) is -0.0268. The molecule has 0 aliphatic rings. The zero-order chi connectivity index (χ0) is 14.1. The van der Waals surface area contributed by atoms with Crippen molar-refractivity contribution in [3.8, 4) is 5.75 Å². The summed E-state index contributed by atoms with van der Waals surface area (Å²) >= 11 is 0. The number of phenolic OH excluding ortho intramolecular Hbond substituents is 1. The molecule has 0 saturated carbocycles. The molecule has 3 aromatic rings. The molecule has 4 heteroatoms. The Bertz CT molecular complexity index is 790. The van der Waals surface area contributed by atoms with Crippen molar-refractivity contribution in [2.75, 3.05) is 5.32 Å². The third-order valence-corrected chi connectivity index (χ3v) is 3.31. The Morgan fingerprint density at radius 3 is 2.85 bits per heavy atom. The predicted molar refractivity (Wildman–Crippen MR) is 79.1 cm³/mol. The van der Waals surface area contributed by atoms with Gasteiger partial charge in [-0.15, -0.1) is 0 Å². The van der Waals surface area contributed by atoms with E-state index in [0.717, 1.165) is 16.5 Å². The summed E-state index contributed by atoms with van der Waals surface area (Å²) in [4.78, 5) is 15.4. The molecule has 0 fully saturated rings. The van der Waals surface area contributed by atoms with Crippen LogP contribution in [0.4, 0.5) is 5.69 Å². The lowest BCUT2D eigenvalue weighted by Crippen LogP contribution is -2.12. The maximum atomic E-state index is 12.3. The molecule has 0 atom stereocenters. The number of anilines is 1. The number of hydrogen-bond donors (Lipinski definition) is 3. The monoisotopic (exact) mass is 266 g/mol. The molecular formula is C16H14N2O2. The van der Waals surface area contributed by atoms with Gasteiger partial charge in [-0.1, -0.05) is 12.1 Å². The van der Waals surface area contributed by atoms with E-state index in [4.69, 9.17) is 0 Å². The number of fused-ring (bicyclic) bond motifs is 1. The van der Waals surface area contributed by atoms with Gasteiger partial charge >= 0.3 is 0 Å². The normalized spacial score (nSPS) is 10.7. The number of carbonyl (C=O) groups excluding carboxylic acids is 1. The van der Waals surface area contributed by atoms with Gasteiger partial charge in [0.1, 0.15) is 5.75 Å². The SMILES string of the molecule is Cc1ccc(NC(=O)c2cccc3[nH]ccc23)cc1O. The van der Waals surface area contributed by atoms with Gasteiger partial charge in [-0.3, -0.25) is 4.79 Å². The van der Waals surface area contributed by atoms with Crippen LogP contribution >= 0.6 is 0 Å². The molecule has 1 heterocycles. The summed E-state index contributed by atoms with van der Waals surface area (Å²) in [5.41, 5.74) is 2.87. The Hall–Kier alpha value is -2.75. The highest BCUT2D eigenvalue weighted by atomic mass is 16.3. The highest BCUT2D eigenvalue weighted by Gasteiger charge is 2.11. The predicted octanol–water partition coefficient (Wildman–Crippen LogP) is 3.43. The first-order chi connectivity index (χ1) is 9.65. The van der Waals surface area contributed by atoms with E-state index >= 15 is 0 Å². The van der Waals surface area contributed by atoms with Crippen LogP contribution in [0.1, 0.15) is 15.9 Å². The van der Waals surface area contributed by atoms with Gasteiger partial charge in [0.2, 0.25) is 0 Å². The molecule has 3 rings (SSSR count). The van der Waals surface area contributed by atoms with Gasteiger partial charge in [-0.05, 0) is 36.8 Å². The van der Waals surface area contributed by atoms with E-state index in [-0.39, 0.29) is 11.7 Å². The van der Waals surface area contributed by atoms with Crippen LogP contribution in [-0.2, 0) is 0 Å². The topological polar surface area (TPSA) is 65.1 Å². The zero-order valence-electron chi connectivity index (χ0n) is 11.0. The van der Waals surface area contributed by atoms with Crippen LogP contribution in [0.5, 0.6) is 5.75 Å². The van der Waals surface area contributed by atoms with Crippen molar-refractivity contribution < 1.29 is 9.90 Å². The van der Waals surface area contributed by atoms with Crippen LogP contribution in [0.25, 0.3) is 10.9 Å². The van der Waals surface area contributed by atoms with Crippen LogP contribution in [-0.4, -0.2) is 16.0 Å². The van der Waals surface area contributed by atoms with Crippen LogP contribution < -0.4 is 5.32 Å². The second-order valence-electron chi connectivity index (χ2n) is 4.70. The molecule has 0 aliphatic heterocycles. The number of rotatable bonds is 2. The lowest BCUT2D eigenvalue weighted by molar-refractivity contribution is 0.102. The molecule has 0 unspecified atom stereocenters. The number of carbonyl (C=O) groups is 1. The van der Waals surface area contributed by atoms with Crippen molar-refractivity contribution >= 4 is 22.5 Å². The van der Waals surface area contributed by atoms with E-state index in [1.54, 1.807) is 30.5 Å². The van der Waals surface area contributed by atoms with Crippen LogP contribution in [0.15, 0.2) is 48.7 Å². The van der Waals surface area contributed by atoms with E-state index in [0.29, 0.717) is 11.3 Å². The Morgan fingerprint density at radius 1 is 1.20 bits per heavy atom. The average molecular weight is 266 g/mol. The summed E-state index contributed by atoms with van der Waals surface area (Å²) in [6, 6.07) is 12.5. The van der Waals surface area contributed by atoms with E-state index in [9.17, 15) is 9.90 Å². The zero-order valence-corrected chi connectivity index (χ0v) is 11.0. The Labute approximate surface area is 116 Å². The average Bonchev–Trinajstić information content (AvgIpc) is 2.91. The van der Waals surface area contributed by atoms with Crippen molar-refractivity contribution in [1.29, 1.82) is 0 Å². The van der Waals surface area contributed by atoms with E-state index in [1.165, 1.54) is 0 Å². The first kappa shape index (κ1) is 12.3. The molecule has 0 spiro atoms. The Morgan fingerprint density at radius 2 is 2.05 bits per heavy atom. The molecule has 3 N–H and O–H groups in total. The molecule has 1 amide bonds. The molecule has 0 bridgehead atoms. The second-order valence-corrected chi connectivity index (χ2v) is 4.70. The molecule has 0 aliphatic carbocycles. The van der Waals surface area contributed by atoms with Crippen molar-refractivity contribution in [1.82, 2.24) is 4.98 Å². The van der Waals surface area contributed by atoms with Gasteiger partial charge < -0.3 is 15.4 Å². The number of hydrogen-bond acceptors (Lipinski definition) is 2. The third kappa shape index (κ3) is 2.12. The molecule has 1 aromatic heterocycles. The number of aryl methyl sites for hydroxylation is 1. The number of benzene rings is 2. The van der Waals surface area contributed by atoms with Crippen LogP contribution in [0.3, 0.4) is 0 Å². The lowest BCUT2D eigenvalue weighted by Gasteiger charge is -2.08. The molecule has 4 nitrogen and oxygen atoms in total. The number of amides is 1. The van der Waals surface area contributed by atoms with Crippen molar-refractivity contribution in [3.63, 3.8) is 0 Å². The number of aromatic hydroxyl groups is 1. The number of phenols is 1. The molecule has 0 radical (unpaired) electrons. The van der Waals surface area contributed by atoms with E-state index in [2.05, 4.69) is 10.3 Å². The standard InChI is InChI=1S/C16H14N2O2/c1-10-5-6-11(9-15(10)19)18-16(20)13-3-2-4-14-12(13)7-8-17-14/h2-9,17,19H,1H3,(H,18,20). The highest BCUT2D eigenvalue weighted by molar-refractivity contribution is 6.12. The number of H-pyrrole nitrogens is 1. The lowest BCUT2D eigenvalue weighted by atomic mass is 10.1. The maximum absolute atomic E-state index is 12.3. The van der Waals surface area contributed by atoms with Gasteiger partial charge in [0.05, 0.1) is 0 Å². The van der Waals surface area contributed by atoms with Gasteiger partial charge in [-0.25, -0.2) is 0 Å². The molecule has 0 saturated heterocycles. The number of aromatic nitrogens is 1. The largest absolute Gasteiger partial charge is 0.508 e. The Kier molecular flexibility index (Phi) is 2.91. The number of aromatic amines is 1. The molecule has 100 valence electrons. The van der Waals surface area contributed by atoms with E-state index < -0.39 is 0 Å². The summed E-state index contributed by atoms with van der Waals surface area (Å²) in [7, 11) is 0. The Balaban J connectivity index is 1.93. The van der Waals surface area contributed by atoms with E-state index in [1.807, 2.05) is 25.1 Å². The minimum absolute atomic E-state index is 0.169. The molecule has 2 aromatic carbocycles. The van der Waals surface area contributed by atoms with Crippen LogP contribution in [0.2, 0.25) is 0 Å². The third-order valence-electron chi connectivity index (χ3n) is 3.31. The fourth-order valence-electron chi connectivity index (χ4n) is 2.17. The second kappa shape index (κ2) is 4.74. The number of nitrogens with one attached hydrogen (secondary N) is 2. The summed E-state index contributed by atoms with van der Waals surface area (Å²) in [6.07, 6.45) is 1.80. The van der Waals surface area contributed by atoms with Crippen molar-refractivity contribution in [2.24, 2.45) is 0 Å². The molecule has 20 heavy (non-hydrogen) atoms. The van der Waals surface area contributed by atoms with Crippen molar-refractivity contribution in [2.45, 2.75) is 6.92 Å². The summed E-state index contributed by atoms with van der Waals surface area (Å²) in [6.45, 7) is 1.81. The van der Waals surface area contributed by atoms with Gasteiger partial charge in [0, 0.05) is 34.4 Å². The minimum atomic E-state index is -0.196. The van der Waals surface area contributed by atoms with Gasteiger partial charge in [-0.2, -0.15) is 0 Å². The van der Waals surface area contributed by atoms with Gasteiger partial charge in [0.25, 0.3) is 5.91 Å². The van der Waals surface area contributed by atoms with Crippen LogP contribution in [0, 0.1) is 6.92 Å². The maximum Gasteiger partial charge on any atom is 0.256 e. The molecular weight excluding hydrogens is 252 g/mol. The summed E-state index contributed by atoms with van der Waals surface area (Å²) in [5, 5.41) is 13.3. The van der Waals surface area contributed by atoms with Gasteiger partial charge in [0.15, 0.2) is 0 Å². The summed E-state index contributed by atoms with van der Waals surface area (Å²) < 4.78 is 0. The van der Waals surface area contributed by atoms with Crippen molar-refractivity contribution in [3.05, 3.63) is 59.8 Å². The smallest absolute Gasteiger partial charge is 0.256 e.